The number of benzene rings is 1. The van der Waals surface area contributed by atoms with Crippen molar-refractivity contribution in [1.29, 1.82) is 0 Å². The van der Waals surface area contributed by atoms with E-state index in [1.54, 1.807) is 6.20 Å². The smallest absolute Gasteiger partial charge is 0.204 e. The molecule has 0 bridgehead atoms. The average molecular weight is 268 g/mol. The van der Waals surface area contributed by atoms with Crippen molar-refractivity contribution in [3.63, 3.8) is 0 Å². The van der Waals surface area contributed by atoms with Crippen molar-refractivity contribution in [2.24, 2.45) is 5.73 Å². The largest absolute Gasteiger partial charge is 0.326 e. The molecule has 0 atom stereocenters. The second-order valence-corrected chi connectivity index (χ2v) is 4.62. The van der Waals surface area contributed by atoms with E-state index in [1.165, 1.54) is 0 Å². The van der Waals surface area contributed by atoms with Crippen LogP contribution in [0.2, 0.25) is 0 Å². The average Bonchev–Trinajstić information content (AvgIpc) is 2.88. The third-order valence-corrected chi connectivity index (χ3v) is 3.36. The Kier molecular flexibility index (Phi) is 3.08. The van der Waals surface area contributed by atoms with Crippen LogP contribution < -0.4 is 10.6 Å². The summed E-state index contributed by atoms with van der Waals surface area (Å²) in [4.78, 5) is 6.41. The molecule has 102 valence electrons. The van der Waals surface area contributed by atoms with Crippen LogP contribution in [-0.4, -0.2) is 26.6 Å². The van der Waals surface area contributed by atoms with Crippen molar-refractivity contribution in [2.75, 3.05) is 11.9 Å². The number of nitrogens with zero attached hydrogens (tertiary/aromatic N) is 5. The molecule has 0 amide bonds. The quantitative estimate of drug-likeness (QED) is 0.782. The van der Waals surface area contributed by atoms with Gasteiger partial charge in [0.25, 0.3) is 0 Å². The maximum absolute atomic E-state index is 5.62. The van der Waals surface area contributed by atoms with Gasteiger partial charge in [0.15, 0.2) is 5.82 Å². The minimum atomic E-state index is 0.543. The summed E-state index contributed by atoms with van der Waals surface area (Å²) in [6, 6.07) is 8.08. The molecule has 0 aliphatic heterocycles. The highest BCUT2D eigenvalue weighted by Crippen LogP contribution is 2.24. The molecule has 0 spiro atoms. The highest BCUT2D eigenvalue weighted by atomic mass is 15.3. The molecule has 3 rings (SSSR count). The van der Waals surface area contributed by atoms with Crippen LogP contribution in [0, 0.1) is 6.92 Å². The van der Waals surface area contributed by atoms with Crippen molar-refractivity contribution in [3.8, 4) is 0 Å². The summed E-state index contributed by atoms with van der Waals surface area (Å²) >= 11 is 0. The van der Waals surface area contributed by atoms with Crippen molar-refractivity contribution in [1.82, 2.24) is 19.6 Å². The number of nitrogens with two attached hydrogens (primary N) is 1. The van der Waals surface area contributed by atoms with Gasteiger partial charge >= 0.3 is 0 Å². The molecular weight excluding hydrogens is 252 g/mol. The van der Waals surface area contributed by atoms with Crippen LogP contribution in [0.5, 0.6) is 0 Å². The lowest BCUT2D eigenvalue weighted by Crippen LogP contribution is -2.13. The number of aryl methyl sites for hydroxylation is 1. The van der Waals surface area contributed by atoms with Crippen molar-refractivity contribution in [3.05, 3.63) is 48.0 Å². The van der Waals surface area contributed by atoms with Crippen LogP contribution in [0.3, 0.4) is 0 Å². The van der Waals surface area contributed by atoms with Crippen LogP contribution in [0.1, 0.15) is 11.4 Å². The SMILES string of the molecule is Cc1nnc2c(N(C)c3ccc(CN)cc3)nccn12. The monoisotopic (exact) mass is 268 g/mol. The molecule has 2 N–H and O–H groups in total. The third kappa shape index (κ3) is 2.00. The highest BCUT2D eigenvalue weighted by Gasteiger charge is 2.13. The number of fused-ring (bicyclic) bond motifs is 1. The molecule has 0 fully saturated rings. The normalized spacial score (nSPS) is 10.9. The minimum Gasteiger partial charge on any atom is -0.326 e. The van der Waals surface area contributed by atoms with Crippen molar-refractivity contribution < 1.29 is 0 Å². The zero-order chi connectivity index (χ0) is 14.1. The molecule has 0 unspecified atom stereocenters. The molecule has 0 radical (unpaired) electrons. The fourth-order valence-electron chi connectivity index (χ4n) is 2.14. The fraction of sp³-hybridized carbons (Fsp3) is 0.214. The van der Waals surface area contributed by atoms with E-state index in [9.17, 15) is 0 Å². The molecule has 3 aromatic rings. The zero-order valence-electron chi connectivity index (χ0n) is 11.5. The molecule has 6 heteroatoms. The number of aromatic nitrogens is 4. The number of rotatable bonds is 3. The van der Waals surface area contributed by atoms with Gasteiger partial charge in [-0.05, 0) is 24.6 Å². The molecular formula is C14H16N6. The number of hydrogen-bond donors (Lipinski definition) is 1. The van der Waals surface area contributed by atoms with E-state index < -0.39 is 0 Å². The molecule has 0 aliphatic carbocycles. The zero-order valence-corrected chi connectivity index (χ0v) is 11.5. The summed E-state index contributed by atoms with van der Waals surface area (Å²) in [5.74, 6) is 1.61. The molecule has 2 aromatic heterocycles. The third-order valence-electron chi connectivity index (χ3n) is 3.36. The Balaban J connectivity index is 2.05. The molecule has 20 heavy (non-hydrogen) atoms. The molecule has 1 aromatic carbocycles. The lowest BCUT2D eigenvalue weighted by atomic mass is 10.2. The second-order valence-electron chi connectivity index (χ2n) is 4.62. The van der Waals surface area contributed by atoms with Gasteiger partial charge in [-0.1, -0.05) is 12.1 Å². The van der Waals surface area contributed by atoms with Crippen LogP contribution in [0.4, 0.5) is 11.5 Å². The molecule has 0 saturated carbocycles. The van der Waals surface area contributed by atoms with Gasteiger partial charge in [0, 0.05) is 31.7 Å². The Morgan fingerprint density at radius 1 is 1.20 bits per heavy atom. The van der Waals surface area contributed by atoms with Crippen LogP contribution >= 0.6 is 0 Å². The van der Waals surface area contributed by atoms with Gasteiger partial charge in [-0.3, -0.25) is 4.40 Å². The Hall–Kier alpha value is -2.47. The molecule has 6 nitrogen and oxygen atoms in total. The lowest BCUT2D eigenvalue weighted by Gasteiger charge is -2.18. The van der Waals surface area contributed by atoms with Crippen molar-refractivity contribution >= 4 is 17.2 Å². The van der Waals surface area contributed by atoms with Crippen LogP contribution in [-0.2, 0) is 6.54 Å². The highest BCUT2D eigenvalue weighted by molar-refractivity contribution is 5.71. The Morgan fingerprint density at radius 2 is 1.95 bits per heavy atom. The van der Waals surface area contributed by atoms with Gasteiger partial charge in [-0.15, -0.1) is 10.2 Å². The standard InChI is InChI=1S/C14H16N6/c1-10-17-18-14-13(16-7-8-20(10)14)19(2)12-5-3-11(9-15)4-6-12/h3-8H,9,15H2,1-2H3. The van der Waals surface area contributed by atoms with E-state index in [4.69, 9.17) is 5.73 Å². The Bertz CT molecular complexity index is 731. The summed E-state index contributed by atoms with van der Waals surface area (Å²) in [7, 11) is 1.96. The van der Waals surface area contributed by atoms with Gasteiger partial charge in [-0.2, -0.15) is 0 Å². The second kappa shape index (κ2) is 4.90. The maximum Gasteiger partial charge on any atom is 0.204 e. The predicted molar refractivity (Wildman–Crippen MR) is 77.9 cm³/mol. The van der Waals surface area contributed by atoms with Crippen molar-refractivity contribution in [2.45, 2.75) is 13.5 Å². The Morgan fingerprint density at radius 3 is 2.65 bits per heavy atom. The summed E-state index contributed by atoms with van der Waals surface area (Å²) in [5, 5.41) is 8.28. The molecule has 0 aliphatic rings. The molecule has 2 heterocycles. The first kappa shape index (κ1) is 12.6. The van der Waals surface area contributed by atoms with E-state index in [2.05, 4.69) is 15.2 Å². The molecule has 0 saturated heterocycles. The van der Waals surface area contributed by atoms with Crippen LogP contribution in [0.25, 0.3) is 5.65 Å². The van der Waals surface area contributed by atoms with E-state index in [-0.39, 0.29) is 0 Å². The number of anilines is 2. The lowest BCUT2D eigenvalue weighted by molar-refractivity contribution is 0.998. The topological polar surface area (TPSA) is 72.3 Å². The minimum absolute atomic E-state index is 0.543. The summed E-state index contributed by atoms with van der Waals surface area (Å²) in [5.41, 5.74) is 8.50. The van der Waals surface area contributed by atoms with E-state index in [1.807, 2.05) is 53.7 Å². The number of hydrogen-bond acceptors (Lipinski definition) is 5. The summed E-state index contributed by atoms with van der Waals surface area (Å²) in [6.45, 7) is 2.46. The Labute approximate surface area is 116 Å². The fourth-order valence-corrected chi connectivity index (χ4v) is 2.14. The summed E-state index contributed by atoms with van der Waals surface area (Å²) in [6.07, 6.45) is 3.61. The first-order valence-electron chi connectivity index (χ1n) is 6.40. The van der Waals surface area contributed by atoms with E-state index >= 15 is 0 Å². The predicted octanol–water partition coefficient (Wildman–Crippen LogP) is 1.66. The first-order valence-corrected chi connectivity index (χ1v) is 6.40. The van der Waals surface area contributed by atoms with Gasteiger partial charge in [-0.25, -0.2) is 4.98 Å². The van der Waals surface area contributed by atoms with Crippen LogP contribution in [0.15, 0.2) is 36.7 Å². The van der Waals surface area contributed by atoms with E-state index in [0.29, 0.717) is 6.54 Å². The van der Waals surface area contributed by atoms with E-state index in [0.717, 1.165) is 28.5 Å². The maximum atomic E-state index is 5.62. The summed E-state index contributed by atoms with van der Waals surface area (Å²) < 4.78 is 1.92. The first-order chi connectivity index (χ1) is 9.70. The van der Waals surface area contributed by atoms with Gasteiger partial charge in [0.1, 0.15) is 5.82 Å². The van der Waals surface area contributed by atoms with Gasteiger partial charge in [0.2, 0.25) is 5.65 Å². The van der Waals surface area contributed by atoms with Gasteiger partial charge < -0.3 is 10.6 Å². The van der Waals surface area contributed by atoms with Gasteiger partial charge in [0.05, 0.1) is 0 Å².